The molecule has 2 heterocycles. The average Bonchev–Trinajstić information content (AvgIpc) is 2.84. The number of carbonyl (C=O) groups is 1. The fraction of sp³-hybridized carbons (Fsp3) is 0.450. The van der Waals surface area contributed by atoms with Crippen LogP contribution in [0.3, 0.4) is 0 Å². The molecule has 6 nitrogen and oxygen atoms in total. The molecular weight excluding hydrogens is 326 g/mol. The lowest BCUT2D eigenvalue weighted by Crippen LogP contribution is -2.44. The van der Waals surface area contributed by atoms with Gasteiger partial charge in [-0.25, -0.2) is 14.8 Å². The number of hydrogen-bond donors (Lipinski definition) is 1. The summed E-state index contributed by atoms with van der Waals surface area (Å²) < 4.78 is 0. The molecule has 26 heavy (non-hydrogen) atoms. The minimum Gasteiger partial charge on any atom is -0.320 e. The zero-order valence-electron chi connectivity index (χ0n) is 15.6. The van der Waals surface area contributed by atoms with E-state index in [1.54, 1.807) is 12.4 Å². The molecule has 3 rings (SSSR count). The second-order valence-corrected chi connectivity index (χ2v) is 6.79. The van der Waals surface area contributed by atoms with Crippen molar-refractivity contribution in [1.29, 1.82) is 0 Å². The number of carbonyl (C=O) groups excluding carboxylic acids is 1. The lowest BCUT2D eigenvalue weighted by Gasteiger charge is -2.29. The molecule has 2 amide bonds. The first kappa shape index (κ1) is 18.3. The molecule has 1 N–H and O–H groups in total. The number of hydrogen-bond acceptors (Lipinski definition) is 4. The van der Waals surface area contributed by atoms with Gasteiger partial charge in [0.05, 0.1) is 18.1 Å². The Morgan fingerprint density at radius 1 is 1.19 bits per heavy atom. The molecule has 0 radical (unpaired) electrons. The summed E-state index contributed by atoms with van der Waals surface area (Å²) in [7, 11) is 0. The molecule has 1 aliphatic heterocycles. The molecular formula is C20H27N5O. The molecule has 1 aromatic carbocycles. The van der Waals surface area contributed by atoms with E-state index in [4.69, 9.17) is 0 Å². The van der Waals surface area contributed by atoms with Gasteiger partial charge in [-0.3, -0.25) is 4.90 Å². The first-order valence-electron chi connectivity index (χ1n) is 9.30. The summed E-state index contributed by atoms with van der Waals surface area (Å²) in [5, 5.41) is 2.93. The Balaban J connectivity index is 1.58. The first-order chi connectivity index (χ1) is 12.7. The Morgan fingerprint density at radius 3 is 2.62 bits per heavy atom. The molecule has 1 saturated heterocycles. The van der Waals surface area contributed by atoms with Gasteiger partial charge in [0.1, 0.15) is 5.82 Å². The topological polar surface area (TPSA) is 61.4 Å². The number of amides is 2. The lowest BCUT2D eigenvalue weighted by atomic mass is 10.2. The minimum absolute atomic E-state index is 0.0769. The minimum atomic E-state index is -0.0769. The van der Waals surface area contributed by atoms with Crippen LogP contribution < -0.4 is 5.32 Å². The summed E-state index contributed by atoms with van der Waals surface area (Å²) in [6, 6.07) is 10.6. The van der Waals surface area contributed by atoms with Crippen LogP contribution in [-0.4, -0.2) is 51.5 Å². The fourth-order valence-corrected chi connectivity index (χ4v) is 3.33. The van der Waals surface area contributed by atoms with Crippen LogP contribution >= 0.6 is 0 Å². The number of rotatable bonds is 4. The van der Waals surface area contributed by atoms with Crippen LogP contribution in [0.1, 0.15) is 31.7 Å². The third-order valence-corrected chi connectivity index (χ3v) is 4.71. The predicted octanol–water partition coefficient (Wildman–Crippen LogP) is 3.17. The number of anilines is 1. The van der Waals surface area contributed by atoms with Gasteiger partial charge < -0.3 is 10.2 Å². The molecule has 0 spiro atoms. The summed E-state index contributed by atoms with van der Waals surface area (Å²) in [5.41, 5.74) is 1.95. The zero-order chi connectivity index (χ0) is 18.4. The quantitative estimate of drug-likeness (QED) is 0.917. The van der Waals surface area contributed by atoms with Crippen molar-refractivity contribution < 1.29 is 4.79 Å². The van der Waals surface area contributed by atoms with Crippen LogP contribution in [0.15, 0.2) is 42.7 Å². The van der Waals surface area contributed by atoms with Crippen molar-refractivity contribution in [3.8, 4) is 0 Å². The van der Waals surface area contributed by atoms with Crippen molar-refractivity contribution in [2.24, 2.45) is 0 Å². The van der Waals surface area contributed by atoms with Gasteiger partial charge in [0, 0.05) is 38.6 Å². The number of benzene rings is 1. The van der Waals surface area contributed by atoms with Crippen LogP contribution in [0.4, 0.5) is 10.5 Å². The van der Waals surface area contributed by atoms with E-state index in [-0.39, 0.29) is 12.1 Å². The van der Waals surface area contributed by atoms with E-state index in [1.807, 2.05) is 17.9 Å². The Bertz CT molecular complexity index is 704. The summed E-state index contributed by atoms with van der Waals surface area (Å²) in [4.78, 5) is 25.5. The van der Waals surface area contributed by atoms with E-state index in [0.717, 1.165) is 44.8 Å². The van der Waals surface area contributed by atoms with Crippen LogP contribution in [-0.2, 0) is 13.0 Å². The van der Waals surface area contributed by atoms with Gasteiger partial charge in [-0.2, -0.15) is 0 Å². The van der Waals surface area contributed by atoms with Crippen molar-refractivity contribution in [1.82, 2.24) is 19.8 Å². The van der Waals surface area contributed by atoms with Crippen molar-refractivity contribution in [3.63, 3.8) is 0 Å². The highest BCUT2D eigenvalue weighted by molar-refractivity contribution is 5.89. The number of urea groups is 1. The van der Waals surface area contributed by atoms with Gasteiger partial charge in [0.2, 0.25) is 0 Å². The largest absolute Gasteiger partial charge is 0.322 e. The van der Waals surface area contributed by atoms with Gasteiger partial charge in [0.15, 0.2) is 0 Å². The summed E-state index contributed by atoms with van der Waals surface area (Å²) in [6.07, 6.45) is 5.10. The highest BCUT2D eigenvalue weighted by Gasteiger charge is 2.25. The number of nitrogens with zero attached hydrogens (tertiary/aromatic N) is 4. The van der Waals surface area contributed by atoms with Gasteiger partial charge in [-0.05, 0) is 18.9 Å². The molecule has 6 heteroatoms. The van der Waals surface area contributed by atoms with Gasteiger partial charge in [-0.1, -0.05) is 37.3 Å². The Morgan fingerprint density at radius 2 is 1.92 bits per heavy atom. The predicted molar refractivity (Wildman–Crippen MR) is 103 cm³/mol. The summed E-state index contributed by atoms with van der Waals surface area (Å²) >= 11 is 0. The molecule has 2 aromatic rings. The molecule has 1 aliphatic rings. The normalized spacial score (nSPS) is 18.4. The SMILES string of the molecule is CCc1ncc(NC(=O)N2CCCN(Cc3ccccc3)CC2C)cn1. The molecule has 0 saturated carbocycles. The number of aryl methyl sites for hydroxylation is 1. The third kappa shape index (κ3) is 4.79. The van der Waals surface area contributed by atoms with Crippen LogP contribution in [0.5, 0.6) is 0 Å². The van der Waals surface area contributed by atoms with Gasteiger partial charge in [-0.15, -0.1) is 0 Å². The second-order valence-electron chi connectivity index (χ2n) is 6.79. The molecule has 1 atom stereocenters. The van der Waals surface area contributed by atoms with Crippen molar-refractivity contribution in [3.05, 3.63) is 54.1 Å². The lowest BCUT2D eigenvalue weighted by molar-refractivity contribution is 0.184. The standard InChI is InChI=1S/C20H27N5O/c1-3-19-21-12-18(13-22-19)23-20(26)25-11-7-10-24(14-16(25)2)15-17-8-5-4-6-9-17/h4-6,8-9,12-13,16H,3,7,10-11,14-15H2,1-2H3,(H,23,26). The summed E-state index contributed by atoms with van der Waals surface area (Å²) in [6.45, 7) is 7.66. The van der Waals surface area contributed by atoms with E-state index in [0.29, 0.717) is 5.69 Å². The maximum atomic E-state index is 12.7. The van der Waals surface area contributed by atoms with E-state index < -0.39 is 0 Å². The second kappa shape index (κ2) is 8.76. The van der Waals surface area contributed by atoms with Crippen molar-refractivity contribution in [2.75, 3.05) is 25.0 Å². The van der Waals surface area contributed by atoms with Crippen LogP contribution in [0, 0.1) is 0 Å². The number of aromatic nitrogens is 2. The molecule has 1 aromatic heterocycles. The van der Waals surface area contributed by atoms with Gasteiger partial charge >= 0.3 is 6.03 Å². The average molecular weight is 353 g/mol. The highest BCUT2D eigenvalue weighted by atomic mass is 16.2. The molecule has 138 valence electrons. The van der Waals surface area contributed by atoms with Gasteiger partial charge in [0.25, 0.3) is 0 Å². The van der Waals surface area contributed by atoms with E-state index >= 15 is 0 Å². The maximum absolute atomic E-state index is 12.7. The van der Waals surface area contributed by atoms with Crippen LogP contribution in [0.25, 0.3) is 0 Å². The maximum Gasteiger partial charge on any atom is 0.322 e. The van der Waals surface area contributed by atoms with E-state index in [1.165, 1.54) is 5.56 Å². The zero-order valence-corrected chi connectivity index (χ0v) is 15.6. The van der Waals surface area contributed by atoms with Crippen LogP contribution in [0.2, 0.25) is 0 Å². The van der Waals surface area contributed by atoms with Crippen molar-refractivity contribution in [2.45, 2.75) is 39.3 Å². The highest BCUT2D eigenvalue weighted by Crippen LogP contribution is 2.15. The van der Waals surface area contributed by atoms with E-state index in [2.05, 4.69) is 51.4 Å². The third-order valence-electron chi connectivity index (χ3n) is 4.71. The smallest absolute Gasteiger partial charge is 0.320 e. The molecule has 0 aliphatic carbocycles. The van der Waals surface area contributed by atoms with E-state index in [9.17, 15) is 4.79 Å². The molecule has 0 bridgehead atoms. The molecule has 1 unspecified atom stereocenters. The fourth-order valence-electron chi connectivity index (χ4n) is 3.33. The Kier molecular flexibility index (Phi) is 6.17. The molecule has 1 fully saturated rings. The summed E-state index contributed by atoms with van der Waals surface area (Å²) in [5.74, 6) is 0.780. The Labute approximate surface area is 155 Å². The first-order valence-corrected chi connectivity index (χ1v) is 9.30. The van der Waals surface area contributed by atoms with Crippen molar-refractivity contribution >= 4 is 11.7 Å². The monoisotopic (exact) mass is 353 g/mol. The Hall–Kier alpha value is -2.47. The number of nitrogens with one attached hydrogen (secondary N) is 1.